The lowest BCUT2D eigenvalue weighted by molar-refractivity contribution is -0.140. The average molecular weight is 326 g/mol. The highest BCUT2D eigenvalue weighted by Gasteiger charge is 2.27. The Bertz CT molecular complexity index is 816. The van der Waals surface area contributed by atoms with Crippen LogP contribution in [0.15, 0.2) is 47.3 Å². The summed E-state index contributed by atoms with van der Waals surface area (Å²) in [5, 5.41) is 7.00. The molecule has 7 heteroatoms. The van der Waals surface area contributed by atoms with E-state index >= 15 is 0 Å². The molecule has 1 aliphatic rings. The summed E-state index contributed by atoms with van der Waals surface area (Å²) in [5.74, 6) is -0.482. The summed E-state index contributed by atoms with van der Waals surface area (Å²) in [6, 6.07) is 11.7. The molecule has 124 valence electrons. The normalized spacial score (nSPS) is 15.7. The van der Waals surface area contributed by atoms with Crippen LogP contribution in [0.4, 0.5) is 0 Å². The third-order valence-corrected chi connectivity index (χ3v) is 3.97. The van der Waals surface area contributed by atoms with E-state index in [2.05, 4.69) is 10.4 Å². The largest absolute Gasteiger partial charge is 0.353 e. The molecule has 1 unspecified atom stereocenters. The van der Waals surface area contributed by atoms with Crippen LogP contribution in [-0.2, 0) is 9.59 Å². The van der Waals surface area contributed by atoms with E-state index in [0.717, 1.165) is 5.56 Å². The maximum absolute atomic E-state index is 12.6. The van der Waals surface area contributed by atoms with Crippen LogP contribution in [-0.4, -0.2) is 46.1 Å². The van der Waals surface area contributed by atoms with Crippen molar-refractivity contribution in [2.75, 3.05) is 19.6 Å². The minimum Gasteiger partial charge on any atom is -0.353 e. The van der Waals surface area contributed by atoms with Gasteiger partial charge >= 0.3 is 0 Å². The number of benzene rings is 1. The molecular formula is C17H18N4O3. The summed E-state index contributed by atoms with van der Waals surface area (Å²) in [5.41, 5.74) is 1.13. The van der Waals surface area contributed by atoms with Gasteiger partial charge in [0.25, 0.3) is 5.56 Å². The Balaban J connectivity index is 1.89. The fourth-order valence-corrected chi connectivity index (χ4v) is 2.66. The average Bonchev–Trinajstić information content (AvgIpc) is 2.61. The number of nitrogens with one attached hydrogen (secondary N) is 1. The topological polar surface area (TPSA) is 84.3 Å². The lowest BCUT2D eigenvalue weighted by atomic mass is 10.1. The Morgan fingerprint density at radius 2 is 1.92 bits per heavy atom. The number of carbonyl (C=O) groups excluding carboxylic acids is 2. The highest BCUT2D eigenvalue weighted by molar-refractivity contribution is 5.87. The fourth-order valence-electron chi connectivity index (χ4n) is 2.66. The summed E-state index contributed by atoms with van der Waals surface area (Å²) in [6.45, 7) is 2.49. The van der Waals surface area contributed by atoms with Crippen LogP contribution in [0.3, 0.4) is 0 Å². The predicted octanol–water partition coefficient (Wildman–Crippen LogP) is 0.430. The molecule has 1 atom stereocenters. The first-order valence-electron chi connectivity index (χ1n) is 7.77. The van der Waals surface area contributed by atoms with Crippen molar-refractivity contribution >= 4 is 11.8 Å². The highest BCUT2D eigenvalue weighted by Crippen LogP contribution is 2.16. The fraction of sp³-hybridized carbons (Fsp3) is 0.294. The zero-order valence-corrected chi connectivity index (χ0v) is 13.3. The van der Waals surface area contributed by atoms with Gasteiger partial charge in [-0.3, -0.25) is 14.4 Å². The first kappa shape index (κ1) is 15.9. The molecule has 2 amide bonds. The Morgan fingerprint density at radius 1 is 1.17 bits per heavy atom. The van der Waals surface area contributed by atoms with Crippen LogP contribution in [0.1, 0.15) is 13.0 Å². The van der Waals surface area contributed by atoms with Gasteiger partial charge in [-0.15, -0.1) is 0 Å². The molecule has 2 aromatic rings. The van der Waals surface area contributed by atoms with Gasteiger partial charge in [-0.05, 0) is 13.0 Å². The van der Waals surface area contributed by atoms with E-state index in [0.29, 0.717) is 18.8 Å². The van der Waals surface area contributed by atoms with Gasteiger partial charge in [-0.1, -0.05) is 30.3 Å². The molecule has 1 aromatic carbocycles. The molecular weight excluding hydrogens is 308 g/mol. The van der Waals surface area contributed by atoms with Crippen molar-refractivity contribution in [2.24, 2.45) is 0 Å². The van der Waals surface area contributed by atoms with Gasteiger partial charge in [0.05, 0.1) is 12.2 Å². The molecule has 0 radical (unpaired) electrons. The highest BCUT2D eigenvalue weighted by atomic mass is 16.2. The third-order valence-electron chi connectivity index (χ3n) is 3.97. The van der Waals surface area contributed by atoms with Crippen LogP contribution < -0.4 is 10.9 Å². The first-order chi connectivity index (χ1) is 11.6. The predicted molar refractivity (Wildman–Crippen MR) is 88.2 cm³/mol. The lowest BCUT2D eigenvalue weighted by Crippen LogP contribution is -2.52. The number of carbonyl (C=O) groups is 2. The zero-order valence-electron chi connectivity index (χ0n) is 13.3. The van der Waals surface area contributed by atoms with Gasteiger partial charge in [0, 0.05) is 24.7 Å². The molecule has 1 saturated heterocycles. The molecule has 0 bridgehead atoms. The molecule has 3 rings (SSSR count). The van der Waals surface area contributed by atoms with Gasteiger partial charge in [0.2, 0.25) is 11.8 Å². The second kappa shape index (κ2) is 6.66. The van der Waals surface area contributed by atoms with E-state index in [9.17, 15) is 14.4 Å². The summed E-state index contributed by atoms with van der Waals surface area (Å²) >= 11 is 0. The second-order valence-corrected chi connectivity index (χ2v) is 5.65. The zero-order chi connectivity index (χ0) is 17.1. The van der Waals surface area contributed by atoms with Crippen LogP contribution in [0.5, 0.6) is 0 Å². The second-order valence-electron chi connectivity index (χ2n) is 5.65. The third kappa shape index (κ3) is 3.19. The molecule has 1 aliphatic heterocycles. The smallest absolute Gasteiger partial charge is 0.267 e. The SMILES string of the molecule is CC(C(=O)N1CCNC(=O)C1)n1nc(-c2ccccc2)ccc1=O. The van der Waals surface area contributed by atoms with E-state index in [1.807, 2.05) is 30.3 Å². The molecule has 1 fully saturated rings. The maximum atomic E-state index is 12.6. The van der Waals surface area contributed by atoms with E-state index in [-0.39, 0.29) is 23.9 Å². The van der Waals surface area contributed by atoms with Gasteiger partial charge < -0.3 is 10.2 Å². The Hall–Kier alpha value is -2.96. The number of hydrogen-bond acceptors (Lipinski definition) is 4. The Labute approximate surface area is 138 Å². The van der Waals surface area contributed by atoms with Gasteiger partial charge in [0.1, 0.15) is 6.04 Å². The van der Waals surface area contributed by atoms with E-state index in [1.165, 1.54) is 15.6 Å². The van der Waals surface area contributed by atoms with Crippen LogP contribution in [0.2, 0.25) is 0 Å². The van der Waals surface area contributed by atoms with Crippen molar-refractivity contribution < 1.29 is 9.59 Å². The maximum Gasteiger partial charge on any atom is 0.267 e. The quantitative estimate of drug-likeness (QED) is 0.886. The monoisotopic (exact) mass is 326 g/mol. The molecule has 24 heavy (non-hydrogen) atoms. The summed E-state index contributed by atoms with van der Waals surface area (Å²) in [6.07, 6.45) is 0. The number of nitrogens with zero attached hydrogens (tertiary/aromatic N) is 3. The van der Waals surface area contributed by atoms with Crippen molar-refractivity contribution in [3.63, 3.8) is 0 Å². The van der Waals surface area contributed by atoms with E-state index < -0.39 is 6.04 Å². The number of piperazine rings is 1. The number of rotatable bonds is 3. The van der Waals surface area contributed by atoms with Crippen molar-refractivity contribution in [1.82, 2.24) is 20.0 Å². The molecule has 7 nitrogen and oxygen atoms in total. The molecule has 1 N–H and O–H groups in total. The molecule has 0 spiro atoms. The summed E-state index contributed by atoms with van der Waals surface area (Å²) in [4.78, 5) is 37.6. The standard InChI is InChI=1S/C17H18N4O3/c1-12(17(24)20-10-9-18-15(22)11-20)21-16(23)8-7-14(19-21)13-5-3-2-4-6-13/h2-8,12H,9-11H2,1H3,(H,18,22). The summed E-state index contributed by atoms with van der Waals surface area (Å²) < 4.78 is 1.18. The van der Waals surface area contributed by atoms with E-state index in [4.69, 9.17) is 0 Å². The van der Waals surface area contributed by atoms with Crippen LogP contribution >= 0.6 is 0 Å². The first-order valence-corrected chi connectivity index (χ1v) is 7.77. The minimum absolute atomic E-state index is 0.0102. The van der Waals surface area contributed by atoms with Gasteiger partial charge in [-0.2, -0.15) is 5.10 Å². The lowest BCUT2D eigenvalue weighted by Gasteiger charge is -2.29. The minimum atomic E-state index is -0.771. The molecule has 2 heterocycles. The number of amides is 2. The van der Waals surface area contributed by atoms with Crippen molar-refractivity contribution in [3.05, 3.63) is 52.8 Å². The Kier molecular flexibility index (Phi) is 4.41. The van der Waals surface area contributed by atoms with E-state index in [1.54, 1.807) is 13.0 Å². The number of aromatic nitrogens is 2. The van der Waals surface area contributed by atoms with Crippen molar-refractivity contribution in [3.8, 4) is 11.3 Å². The van der Waals surface area contributed by atoms with Crippen molar-refractivity contribution in [1.29, 1.82) is 0 Å². The van der Waals surface area contributed by atoms with Crippen LogP contribution in [0, 0.1) is 0 Å². The Morgan fingerprint density at radius 3 is 2.62 bits per heavy atom. The van der Waals surface area contributed by atoms with Gasteiger partial charge in [-0.25, -0.2) is 4.68 Å². The number of hydrogen-bond donors (Lipinski definition) is 1. The molecule has 0 saturated carbocycles. The molecule has 0 aliphatic carbocycles. The van der Waals surface area contributed by atoms with Crippen LogP contribution in [0.25, 0.3) is 11.3 Å². The van der Waals surface area contributed by atoms with Gasteiger partial charge in [0.15, 0.2) is 0 Å². The van der Waals surface area contributed by atoms with Crippen molar-refractivity contribution in [2.45, 2.75) is 13.0 Å². The summed E-state index contributed by atoms with van der Waals surface area (Å²) in [7, 11) is 0. The molecule has 1 aromatic heterocycles.